The molecule has 24 heavy (non-hydrogen) atoms. The van der Waals surface area contributed by atoms with E-state index >= 15 is 0 Å². The third-order valence-corrected chi connectivity index (χ3v) is 4.17. The summed E-state index contributed by atoms with van der Waals surface area (Å²) in [6, 6.07) is 14.7. The van der Waals surface area contributed by atoms with Gasteiger partial charge in [0.1, 0.15) is 12.7 Å². The fraction of sp³-hybridized carbons (Fsp3) is 0.263. The maximum Gasteiger partial charge on any atom is 0.335 e. The normalized spacial score (nSPS) is 17.8. The number of hydrogen-bond acceptors (Lipinski definition) is 3. The summed E-state index contributed by atoms with van der Waals surface area (Å²) >= 11 is 0. The highest BCUT2D eigenvalue weighted by molar-refractivity contribution is 5.87. The average molecular weight is 325 g/mol. The molecule has 1 unspecified atom stereocenters. The lowest BCUT2D eigenvalue weighted by Crippen LogP contribution is -2.42. The maximum absolute atomic E-state index is 12.1. The second kappa shape index (κ2) is 6.84. The molecule has 1 heterocycles. The van der Waals surface area contributed by atoms with E-state index in [-0.39, 0.29) is 24.2 Å². The van der Waals surface area contributed by atoms with Crippen molar-refractivity contribution in [3.63, 3.8) is 0 Å². The zero-order valence-electron chi connectivity index (χ0n) is 13.4. The lowest BCUT2D eigenvalue weighted by atomic mass is 10.0. The van der Waals surface area contributed by atoms with Gasteiger partial charge in [0.15, 0.2) is 0 Å². The first-order valence-corrected chi connectivity index (χ1v) is 7.81. The summed E-state index contributed by atoms with van der Waals surface area (Å²) in [5, 5.41) is 8.94. The molecule has 1 aliphatic rings. The number of aryl methyl sites for hydroxylation is 1. The molecular formula is C19H19NO4. The van der Waals surface area contributed by atoms with Gasteiger partial charge >= 0.3 is 5.97 Å². The number of carbonyl (C=O) groups excluding carboxylic acids is 1. The number of hydrogen-bond donors (Lipinski definition) is 1. The van der Waals surface area contributed by atoms with Crippen LogP contribution in [0.1, 0.15) is 33.2 Å². The Morgan fingerprint density at radius 2 is 1.83 bits per heavy atom. The van der Waals surface area contributed by atoms with Crippen LogP contribution in [0.15, 0.2) is 48.5 Å². The van der Waals surface area contributed by atoms with E-state index in [4.69, 9.17) is 9.84 Å². The van der Waals surface area contributed by atoms with Crippen LogP contribution in [0.2, 0.25) is 0 Å². The quantitative estimate of drug-likeness (QED) is 0.938. The molecule has 1 amide bonds. The van der Waals surface area contributed by atoms with Gasteiger partial charge in [-0.2, -0.15) is 0 Å². The number of carbonyl (C=O) groups is 2. The lowest BCUT2D eigenvalue weighted by molar-refractivity contribution is -0.150. The fourth-order valence-electron chi connectivity index (χ4n) is 2.73. The zero-order chi connectivity index (χ0) is 17.1. The first-order chi connectivity index (χ1) is 11.5. The molecule has 0 bridgehead atoms. The molecule has 0 saturated carbocycles. The minimum absolute atomic E-state index is 0.0549. The Bertz CT molecular complexity index is 737. The Balaban J connectivity index is 1.70. The molecule has 1 fully saturated rings. The van der Waals surface area contributed by atoms with E-state index in [0.29, 0.717) is 13.1 Å². The monoisotopic (exact) mass is 325 g/mol. The van der Waals surface area contributed by atoms with Crippen LogP contribution >= 0.6 is 0 Å². The smallest absolute Gasteiger partial charge is 0.335 e. The average Bonchev–Trinajstić information content (AvgIpc) is 2.58. The summed E-state index contributed by atoms with van der Waals surface area (Å²) in [5.41, 5.74) is 3.38. The Morgan fingerprint density at radius 1 is 1.17 bits per heavy atom. The summed E-state index contributed by atoms with van der Waals surface area (Å²) in [7, 11) is 0. The molecule has 2 aromatic rings. The molecule has 2 aromatic carbocycles. The minimum Gasteiger partial charge on any atom is -0.478 e. The number of amides is 1. The number of morpholine rings is 1. The van der Waals surface area contributed by atoms with Crippen molar-refractivity contribution in [1.82, 2.24) is 4.90 Å². The fourth-order valence-corrected chi connectivity index (χ4v) is 2.73. The van der Waals surface area contributed by atoms with Gasteiger partial charge < -0.3 is 14.7 Å². The van der Waals surface area contributed by atoms with Crippen LogP contribution in [-0.2, 0) is 16.1 Å². The van der Waals surface area contributed by atoms with Crippen molar-refractivity contribution in [1.29, 1.82) is 0 Å². The van der Waals surface area contributed by atoms with Gasteiger partial charge in [-0.25, -0.2) is 4.79 Å². The molecule has 124 valence electrons. The summed E-state index contributed by atoms with van der Waals surface area (Å²) in [5.74, 6) is -1.01. The topological polar surface area (TPSA) is 66.8 Å². The van der Waals surface area contributed by atoms with E-state index in [1.807, 2.05) is 31.2 Å². The number of benzene rings is 2. The Kier molecular flexibility index (Phi) is 4.62. The number of aromatic carboxylic acids is 1. The van der Waals surface area contributed by atoms with Gasteiger partial charge in [-0.15, -0.1) is 0 Å². The lowest BCUT2D eigenvalue weighted by Gasteiger charge is -2.33. The van der Waals surface area contributed by atoms with Gasteiger partial charge in [0, 0.05) is 6.54 Å². The Labute approximate surface area is 140 Å². The van der Waals surface area contributed by atoms with Gasteiger partial charge in [-0.3, -0.25) is 4.79 Å². The molecule has 1 N–H and O–H groups in total. The number of carboxylic acid groups (broad SMARTS) is 1. The highest BCUT2D eigenvalue weighted by Crippen LogP contribution is 2.24. The van der Waals surface area contributed by atoms with E-state index in [9.17, 15) is 9.59 Å². The molecule has 1 atom stereocenters. The number of rotatable bonds is 4. The van der Waals surface area contributed by atoms with E-state index in [1.165, 1.54) is 5.56 Å². The minimum atomic E-state index is -0.955. The number of ether oxygens (including phenoxy) is 1. The van der Waals surface area contributed by atoms with Gasteiger partial charge in [0.25, 0.3) is 0 Å². The highest BCUT2D eigenvalue weighted by Gasteiger charge is 2.27. The number of carboxylic acids is 1. The third-order valence-electron chi connectivity index (χ3n) is 4.17. The summed E-state index contributed by atoms with van der Waals surface area (Å²) in [4.78, 5) is 24.8. The van der Waals surface area contributed by atoms with Crippen molar-refractivity contribution in [2.45, 2.75) is 19.6 Å². The first-order valence-electron chi connectivity index (χ1n) is 7.81. The molecule has 3 rings (SSSR count). The van der Waals surface area contributed by atoms with Gasteiger partial charge in [-0.05, 0) is 30.2 Å². The maximum atomic E-state index is 12.1. The predicted molar refractivity (Wildman–Crippen MR) is 88.7 cm³/mol. The van der Waals surface area contributed by atoms with Crippen LogP contribution in [0, 0.1) is 6.92 Å². The van der Waals surface area contributed by atoms with Crippen molar-refractivity contribution in [2.75, 3.05) is 13.2 Å². The second-order valence-corrected chi connectivity index (χ2v) is 5.99. The van der Waals surface area contributed by atoms with E-state index in [0.717, 1.165) is 11.1 Å². The SMILES string of the molecule is Cc1ccc(C2CN(Cc3ccc(C(=O)O)cc3)C(=O)CO2)cc1. The van der Waals surface area contributed by atoms with Crippen LogP contribution in [-0.4, -0.2) is 35.0 Å². The van der Waals surface area contributed by atoms with Crippen molar-refractivity contribution >= 4 is 11.9 Å². The molecular weight excluding hydrogens is 306 g/mol. The standard InChI is InChI=1S/C19H19NO4/c1-13-2-6-15(7-3-13)17-11-20(18(21)12-24-17)10-14-4-8-16(9-5-14)19(22)23/h2-9,17H,10-12H2,1H3,(H,22,23). The summed E-state index contributed by atoms with van der Waals surface area (Å²) < 4.78 is 5.67. The van der Waals surface area contributed by atoms with E-state index in [2.05, 4.69) is 0 Å². The van der Waals surface area contributed by atoms with Crippen LogP contribution in [0.5, 0.6) is 0 Å². The Morgan fingerprint density at radius 3 is 2.46 bits per heavy atom. The molecule has 0 aliphatic carbocycles. The molecule has 0 radical (unpaired) electrons. The number of nitrogens with zero attached hydrogens (tertiary/aromatic N) is 1. The largest absolute Gasteiger partial charge is 0.478 e. The predicted octanol–water partition coefficient (Wildman–Crippen LogP) is 2.79. The van der Waals surface area contributed by atoms with Crippen molar-refractivity contribution < 1.29 is 19.4 Å². The van der Waals surface area contributed by atoms with Crippen LogP contribution in [0.4, 0.5) is 0 Å². The van der Waals surface area contributed by atoms with Crippen LogP contribution in [0.3, 0.4) is 0 Å². The van der Waals surface area contributed by atoms with Gasteiger partial charge in [0.2, 0.25) is 5.91 Å². The van der Waals surface area contributed by atoms with E-state index < -0.39 is 5.97 Å². The molecule has 1 saturated heterocycles. The third kappa shape index (κ3) is 3.63. The summed E-state index contributed by atoms with van der Waals surface area (Å²) in [6.07, 6.45) is -0.137. The summed E-state index contributed by atoms with van der Waals surface area (Å²) in [6.45, 7) is 3.03. The van der Waals surface area contributed by atoms with Crippen molar-refractivity contribution in [3.05, 3.63) is 70.8 Å². The van der Waals surface area contributed by atoms with Crippen LogP contribution < -0.4 is 0 Å². The zero-order valence-corrected chi connectivity index (χ0v) is 13.4. The van der Waals surface area contributed by atoms with E-state index in [1.54, 1.807) is 29.2 Å². The molecule has 5 heteroatoms. The van der Waals surface area contributed by atoms with Gasteiger partial charge in [-0.1, -0.05) is 42.0 Å². The molecule has 0 aromatic heterocycles. The second-order valence-electron chi connectivity index (χ2n) is 5.99. The van der Waals surface area contributed by atoms with Crippen LogP contribution in [0.25, 0.3) is 0 Å². The first kappa shape index (κ1) is 16.2. The van der Waals surface area contributed by atoms with Gasteiger partial charge in [0.05, 0.1) is 12.1 Å². The van der Waals surface area contributed by atoms with Crippen molar-refractivity contribution in [2.24, 2.45) is 0 Å². The molecule has 5 nitrogen and oxygen atoms in total. The molecule has 1 aliphatic heterocycles. The van der Waals surface area contributed by atoms with Crippen molar-refractivity contribution in [3.8, 4) is 0 Å². The highest BCUT2D eigenvalue weighted by atomic mass is 16.5. The molecule has 0 spiro atoms. The Hall–Kier alpha value is -2.66.